The summed E-state index contributed by atoms with van der Waals surface area (Å²) < 4.78 is 0. The molecule has 2 N–H and O–H groups in total. The summed E-state index contributed by atoms with van der Waals surface area (Å²) >= 11 is 1.16. The number of thiazole rings is 1. The van der Waals surface area contributed by atoms with Gasteiger partial charge >= 0.3 is 0 Å². The number of hydrogen-bond acceptors (Lipinski definition) is 4. The summed E-state index contributed by atoms with van der Waals surface area (Å²) in [5.41, 5.74) is 5.10. The maximum atomic E-state index is 11.6. The normalized spacial score (nSPS) is 11.4. The molecule has 1 aromatic heterocycles. The first kappa shape index (κ1) is 14.9. The van der Waals surface area contributed by atoms with E-state index >= 15 is 0 Å². The van der Waals surface area contributed by atoms with E-state index in [0.717, 1.165) is 11.3 Å². The van der Waals surface area contributed by atoms with Gasteiger partial charge < -0.3 is 10.6 Å². The van der Waals surface area contributed by atoms with Crippen molar-refractivity contribution in [1.29, 1.82) is 0 Å². The van der Waals surface area contributed by atoms with Crippen LogP contribution in [0.2, 0.25) is 0 Å². The Hall–Kier alpha value is -1.14. The summed E-state index contributed by atoms with van der Waals surface area (Å²) in [7, 11) is 3.36. The third-order valence-electron chi connectivity index (χ3n) is 1.95. The number of aromatic nitrogens is 1. The lowest BCUT2D eigenvalue weighted by atomic mass is 10.2. The molecule has 0 aliphatic carbocycles. The summed E-state index contributed by atoms with van der Waals surface area (Å²) in [6.07, 6.45) is 1.40. The van der Waals surface area contributed by atoms with Crippen molar-refractivity contribution >= 4 is 35.6 Å². The molecule has 16 heavy (non-hydrogen) atoms. The lowest BCUT2D eigenvalue weighted by molar-refractivity contribution is -0.129. The largest absolute Gasteiger partial charge is 0.365 e. The number of likely N-dealkylation sites (N-methyl/N-ethyl adjacent to an activating group) is 1. The van der Waals surface area contributed by atoms with Crippen molar-refractivity contribution in [1.82, 2.24) is 9.88 Å². The van der Waals surface area contributed by atoms with E-state index in [1.54, 1.807) is 21.0 Å². The van der Waals surface area contributed by atoms with Crippen molar-refractivity contribution in [3.8, 4) is 0 Å². The Labute approximate surface area is 104 Å². The molecule has 0 bridgehead atoms. The second-order valence-corrected chi connectivity index (χ2v) is 4.44. The molecule has 1 atom stereocenters. The van der Waals surface area contributed by atoms with Gasteiger partial charge in [-0.25, -0.2) is 4.98 Å². The van der Waals surface area contributed by atoms with Crippen LogP contribution in [-0.2, 0) is 4.79 Å². The van der Waals surface area contributed by atoms with Gasteiger partial charge in [0.25, 0.3) is 5.91 Å². The quantitative estimate of drug-likeness (QED) is 0.879. The zero-order valence-electron chi connectivity index (χ0n) is 9.26. The van der Waals surface area contributed by atoms with E-state index in [1.807, 2.05) is 0 Å². The van der Waals surface area contributed by atoms with E-state index in [0.29, 0.717) is 9.88 Å². The lowest BCUT2D eigenvalue weighted by Gasteiger charge is -2.14. The lowest BCUT2D eigenvalue weighted by Crippen LogP contribution is -2.26. The van der Waals surface area contributed by atoms with E-state index in [-0.39, 0.29) is 24.2 Å². The van der Waals surface area contributed by atoms with Crippen molar-refractivity contribution in [2.45, 2.75) is 12.8 Å². The Bertz CT molecular complexity index is 392. The summed E-state index contributed by atoms with van der Waals surface area (Å²) in [5.74, 6) is -0.887. The molecule has 5 nitrogen and oxygen atoms in total. The van der Waals surface area contributed by atoms with Crippen LogP contribution < -0.4 is 5.73 Å². The van der Waals surface area contributed by atoms with E-state index in [2.05, 4.69) is 4.98 Å². The molecule has 2 amide bonds. The van der Waals surface area contributed by atoms with Gasteiger partial charge in [0, 0.05) is 14.1 Å². The molecule has 0 aromatic carbocycles. The Morgan fingerprint density at radius 3 is 2.44 bits per heavy atom. The highest BCUT2D eigenvalue weighted by Gasteiger charge is 2.21. The van der Waals surface area contributed by atoms with Crippen LogP contribution in [0.25, 0.3) is 0 Å². The van der Waals surface area contributed by atoms with E-state index in [1.165, 1.54) is 11.1 Å². The molecule has 1 rings (SSSR count). The SMILES string of the molecule is C[C@@H](C(=O)N(C)C)c1ncc(C(N)=O)s1.Cl. The second-order valence-electron chi connectivity index (χ2n) is 3.38. The van der Waals surface area contributed by atoms with Gasteiger partial charge in [0.1, 0.15) is 9.88 Å². The first-order valence-corrected chi connectivity index (χ1v) is 5.21. The highest BCUT2D eigenvalue weighted by atomic mass is 35.5. The van der Waals surface area contributed by atoms with Crippen LogP contribution in [0.15, 0.2) is 6.20 Å². The van der Waals surface area contributed by atoms with E-state index < -0.39 is 5.91 Å². The molecule has 0 unspecified atom stereocenters. The Balaban J connectivity index is 0.00000225. The number of nitrogens with two attached hydrogens (primary N) is 1. The fourth-order valence-electron chi connectivity index (χ4n) is 1.09. The summed E-state index contributed by atoms with van der Waals surface area (Å²) in [4.78, 5) is 28.3. The van der Waals surface area contributed by atoms with Crippen LogP contribution in [-0.4, -0.2) is 35.8 Å². The molecular weight excluding hydrogens is 250 g/mol. The van der Waals surface area contributed by atoms with Crippen molar-refractivity contribution in [3.05, 3.63) is 16.1 Å². The summed E-state index contributed by atoms with van der Waals surface area (Å²) in [5, 5.41) is 0.613. The van der Waals surface area contributed by atoms with Crippen molar-refractivity contribution < 1.29 is 9.59 Å². The molecule has 1 aromatic rings. The van der Waals surface area contributed by atoms with Gasteiger partial charge in [-0.2, -0.15) is 0 Å². The van der Waals surface area contributed by atoms with Crippen LogP contribution >= 0.6 is 23.7 Å². The monoisotopic (exact) mass is 263 g/mol. The van der Waals surface area contributed by atoms with Crippen molar-refractivity contribution in [2.75, 3.05) is 14.1 Å². The Kier molecular flexibility index (Phi) is 5.40. The third-order valence-corrected chi connectivity index (χ3v) is 3.14. The predicted octanol–water partition coefficient (Wildman–Crippen LogP) is 0.856. The van der Waals surface area contributed by atoms with Gasteiger partial charge in [0.2, 0.25) is 5.91 Å². The Morgan fingerprint density at radius 1 is 1.50 bits per heavy atom. The molecule has 7 heteroatoms. The number of halogens is 1. The summed E-state index contributed by atoms with van der Waals surface area (Å²) in [6.45, 7) is 1.76. The standard InChI is InChI=1S/C9H13N3O2S.ClH/c1-5(9(14)12(2)3)8-11-4-6(15-8)7(10)13;/h4-5H,1-3H3,(H2,10,13);1H/t5-;/m1./s1. The molecule has 1 heterocycles. The van der Waals surface area contributed by atoms with Crippen LogP contribution in [0, 0.1) is 0 Å². The molecule has 90 valence electrons. The fourth-order valence-corrected chi connectivity index (χ4v) is 1.91. The van der Waals surface area contributed by atoms with Crippen molar-refractivity contribution in [2.24, 2.45) is 5.73 Å². The number of amides is 2. The zero-order valence-corrected chi connectivity index (χ0v) is 10.9. The van der Waals surface area contributed by atoms with Gasteiger partial charge in [0.15, 0.2) is 0 Å². The van der Waals surface area contributed by atoms with Gasteiger partial charge in [0.05, 0.1) is 12.1 Å². The maximum Gasteiger partial charge on any atom is 0.260 e. The molecule has 0 saturated heterocycles. The number of nitrogens with zero attached hydrogens (tertiary/aromatic N) is 2. The summed E-state index contributed by atoms with van der Waals surface area (Å²) in [6, 6.07) is 0. The molecule has 0 fully saturated rings. The average molecular weight is 264 g/mol. The highest BCUT2D eigenvalue weighted by Crippen LogP contribution is 2.22. The molecule has 0 aliphatic heterocycles. The van der Waals surface area contributed by atoms with E-state index in [4.69, 9.17) is 5.73 Å². The minimum atomic E-state index is -0.511. The Morgan fingerprint density at radius 2 is 2.06 bits per heavy atom. The second kappa shape index (κ2) is 5.81. The molecule has 0 saturated carbocycles. The molecule has 0 radical (unpaired) electrons. The average Bonchev–Trinajstić information content (AvgIpc) is 2.64. The van der Waals surface area contributed by atoms with Crippen molar-refractivity contribution in [3.63, 3.8) is 0 Å². The fraction of sp³-hybridized carbons (Fsp3) is 0.444. The van der Waals surface area contributed by atoms with Gasteiger partial charge in [-0.1, -0.05) is 0 Å². The van der Waals surface area contributed by atoms with Crippen LogP contribution in [0.5, 0.6) is 0 Å². The van der Waals surface area contributed by atoms with Crippen LogP contribution in [0.1, 0.15) is 27.5 Å². The maximum absolute atomic E-state index is 11.6. The zero-order chi connectivity index (χ0) is 11.6. The van der Waals surface area contributed by atoms with Gasteiger partial charge in [-0.15, -0.1) is 23.7 Å². The first-order valence-electron chi connectivity index (χ1n) is 4.40. The van der Waals surface area contributed by atoms with Gasteiger partial charge in [-0.3, -0.25) is 9.59 Å². The van der Waals surface area contributed by atoms with E-state index in [9.17, 15) is 9.59 Å². The van der Waals surface area contributed by atoms with Gasteiger partial charge in [-0.05, 0) is 6.92 Å². The third kappa shape index (κ3) is 3.18. The number of primary amides is 1. The first-order chi connectivity index (χ1) is 6.93. The predicted molar refractivity (Wildman–Crippen MR) is 65.0 cm³/mol. The minimum Gasteiger partial charge on any atom is -0.365 e. The van der Waals surface area contributed by atoms with Crippen LogP contribution in [0.4, 0.5) is 0 Å². The smallest absolute Gasteiger partial charge is 0.260 e. The number of carbonyl (C=O) groups is 2. The van der Waals surface area contributed by atoms with Crippen LogP contribution in [0.3, 0.4) is 0 Å². The molecule has 0 aliphatic rings. The molecule has 0 spiro atoms. The highest BCUT2D eigenvalue weighted by molar-refractivity contribution is 7.13. The topological polar surface area (TPSA) is 76.3 Å². The molecular formula is C9H14ClN3O2S. The number of rotatable bonds is 3. The minimum absolute atomic E-state index is 0. The number of carbonyl (C=O) groups excluding carboxylic acids is 2. The number of hydrogen-bond donors (Lipinski definition) is 1.